The molecule has 2 rings (SSSR count). The van der Waals surface area contributed by atoms with E-state index >= 15 is 0 Å². The minimum atomic E-state index is -3.96. The van der Waals surface area contributed by atoms with Crippen molar-refractivity contribution in [1.29, 1.82) is 0 Å². The predicted octanol–water partition coefficient (Wildman–Crippen LogP) is 4.11. The van der Waals surface area contributed by atoms with Gasteiger partial charge in [-0.25, -0.2) is 13.1 Å². The van der Waals surface area contributed by atoms with Crippen molar-refractivity contribution in [2.75, 3.05) is 0 Å². The third-order valence-corrected chi connectivity index (χ3v) is 4.65. The third kappa shape index (κ3) is 4.82. The first kappa shape index (κ1) is 17.5. The second kappa shape index (κ2) is 7.17. The van der Waals surface area contributed by atoms with Crippen LogP contribution in [0.2, 0.25) is 10.0 Å². The van der Waals surface area contributed by atoms with Gasteiger partial charge in [0.15, 0.2) is 0 Å². The quantitative estimate of drug-likeness (QED) is 0.881. The largest absolute Gasteiger partial charge is 0.268 e. The smallest absolute Gasteiger partial charge is 0.266 e. The molecule has 0 radical (unpaired) electrons. The van der Waals surface area contributed by atoms with E-state index < -0.39 is 15.9 Å². The highest BCUT2D eigenvalue weighted by Gasteiger charge is 2.17. The summed E-state index contributed by atoms with van der Waals surface area (Å²) in [7, 11) is -3.96. The summed E-state index contributed by atoms with van der Waals surface area (Å²) < 4.78 is 26.2. The third-order valence-electron chi connectivity index (χ3n) is 2.97. The second-order valence-electron chi connectivity index (χ2n) is 4.77. The molecule has 0 aliphatic heterocycles. The van der Waals surface area contributed by atoms with Crippen LogP contribution in [-0.4, -0.2) is 14.3 Å². The highest BCUT2D eigenvalue weighted by molar-refractivity contribution is 7.93. The lowest BCUT2D eigenvalue weighted by molar-refractivity contribution is 0.0982. The predicted molar refractivity (Wildman–Crippen MR) is 92.9 cm³/mol. The van der Waals surface area contributed by atoms with Crippen LogP contribution < -0.4 is 4.72 Å². The number of nitrogens with one attached hydrogen (secondary N) is 1. The topological polar surface area (TPSA) is 63.2 Å². The van der Waals surface area contributed by atoms with Gasteiger partial charge in [0.1, 0.15) is 0 Å². The Morgan fingerprint density at radius 1 is 1.09 bits per heavy atom. The van der Waals surface area contributed by atoms with Gasteiger partial charge in [-0.3, -0.25) is 4.79 Å². The van der Waals surface area contributed by atoms with Crippen molar-refractivity contribution in [1.82, 2.24) is 4.72 Å². The van der Waals surface area contributed by atoms with Crippen molar-refractivity contribution < 1.29 is 13.2 Å². The number of halogens is 2. The molecule has 0 aromatic heterocycles. The molecule has 120 valence electrons. The van der Waals surface area contributed by atoms with E-state index in [2.05, 4.69) is 0 Å². The lowest BCUT2D eigenvalue weighted by Gasteiger charge is -2.07. The number of sulfonamides is 1. The number of hydrogen-bond acceptors (Lipinski definition) is 3. The Morgan fingerprint density at radius 2 is 1.74 bits per heavy atom. The lowest BCUT2D eigenvalue weighted by Crippen LogP contribution is -2.29. The monoisotopic (exact) mass is 369 g/mol. The fraction of sp³-hybridized carbons (Fsp3) is 0.0625. The standard InChI is InChI=1S/C16H13Cl2NO3S/c1-11(12-5-3-2-4-6-12)10-23(21,22)19-16(20)14-8-7-13(17)9-15(14)18/h2-10H,1H3,(H,19,20)/b11-10+. The maximum Gasteiger partial charge on any atom is 0.266 e. The zero-order chi connectivity index (χ0) is 17.0. The average molecular weight is 370 g/mol. The Hall–Kier alpha value is -1.82. The van der Waals surface area contributed by atoms with E-state index in [0.29, 0.717) is 10.6 Å². The van der Waals surface area contributed by atoms with E-state index in [1.165, 1.54) is 18.2 Å². The van der Waals surface area contributed by atoms with Crippen LogP contribution >= 0.6 is 23.2 Å². The number of benzene rings is 2. The van der Waals surface area contributed by atoms with Crippen LogP contribution in [0, 0.1) is 0 Å². The van der Waals surface area contributed by atoms with Crippen molar-refractivity contribution in [2.24, 2.45) is 0 Å². The zero-order valence-electron chi connectivity index (χ0n) is 12.1. The molecular formula is C16H13Cl2NO3S. The van der Waals surface area contributed by atoms with Gasteiger partial charge in [0.25, 0.3) is 15.9 Å². The van der Waals surface area contributed by atoms with E-state index in [1.807, 2.05) is 10.8 Å². The summed E-state index contributed by atoms with van der Waals surface area (Å²) in [6.45, 7) is 1.65. The summed E-state index contributed by atoms with van der Waals surface area (Å²) in [4.78, 5) is 12.1. The van der Waals surface area contributed by atoms with Crippen LogP contribution in [0.4, 0.5) is 0 Å². The first-order valence-corrected chi connectivity index (χ1v) is 8.84. The van der Waals surface area contributed by atoms with Gasteiger partial charge >= 0.3 is 0 Å². The van der Waals surface area contributed by atoms with Crippen LogP contribution in [0.1, 0.15) is 22.8 Å². The molecule has 1 N–H and O–H groups in total. The molecule has 7 heteroatoms. The maximum absolute atomic E-state index is 12.1. The molecule has 0 spiro atoms. The second-order valence-corrected chi connectivity index (χ2v) is 7.14. The highest BCUT2D eigenvalue weighted by Crippen LogP contribution is 2.21. The number of rotatable bonds is 4. The fourth-order valence-electron chi connectivity index (χ4n) is 1.89. The average Bonchev–Trinajstić information content (AvgIpc) is 2.46. The summed E-state index contributed by atoms with van der Waals surface area (Å²) in [5.41, 5.74) is 1.29. The van der Waals surface area contributed by atoms with Gasteiger partial charge in [-0.2, -0.15) is 0 Å². The summed E-state index contributed by atoms with van der Waals surface area (Å²) in [5.74, 6) is -0.816. The van der Waals surface area contributed by atoms with Gasteiger partial charge in [0, 0.05) is 5.02 Å². The minimum Gasteiger partial charge on any atom is -0.268 e. The highest BCUT2D eigenvalue weighted by atomic mass is 35.5. The van der Waals surface area contributed by atoms with Crippen LogP contribution in [0.25, 0.3) is 5.57 Å². The van der Waals surface area contributed by atoms with Gasteiger partial charge in [-0.1, -0.05) is 53.5 Å². The van der Waals surface area contributed by atoms with Gasteiger partial charge in [-0.15, -0.1) is 0 Å². The Labute approximate surface area is 144 Å². The molecule has 23 heavy (non-hydrogen) atoms. The van der Waals surface area contributed by atoms with E-state index in [4.69, 9.17) is 23.2 Å². The van der Waals surface area contributed by atoms with Gasteiger partial charge in [0.2, 0.25) is 0 Å². The molecule has 2 aromatic rings. The molecule has 0 fully saturated rings. The molecule has 2 aromatic carbocycles. The van der Waals surface area contributed by atoms with Crippen molar-refractivity contribution in [2.45, 2.75) is 6.92 Å². The summed E-state index contributed by atoms with van der Waals surface area (Å²) in [5, 5.41) is 1.44. The molecule has 4 nitrogen and oxygen atoms in total. The maximum atomic E-state index is 12.1. The normalized spacial score (nSPS) is 12.0. The molecule has 0 aliphatic carbocycles. The first-order valence-electron chi connectivity index (χ1n) is 6.54. The van der Waals surface area contributed by atoms with Crippen LogP contribution in [0.3, 0.4) is 0 Å². The summed E-state index contributed by atoms with van der Waals surface area (Å²) >= 11 is 11.6. The Kier molecular flexibility index (Phi) is 5.46. The number of allylic oxidation sites excluding steroid dienone is 1. The van der Waals surface area contributed by atoms with E-state index in [9.17, 15) is 13.2 Å². The van der Waals surface area contributed by atoms with Crippen molar-refractivity contribution in [3.63, 3.8) is 0 Å². The summed E-state index contributed by atoms with van der Waals surface area (Å²) in [6.07, 6.45) is 0. The van der Waals surface area contributed by atoms with Crippen LogP contribution in [-0.2, 0) is 10.0 Å². The van der Waals surface area contributed by atoms with Crippen LogP contribution in [0.5, 0.6) is 0 Å². The summed E-state index contributed by atoms with van der Waals surface area (Å²) in [6, 6.07) is 13.2. The van der Waals surface area contributed by atoms with Crippen molar-refractivity contribution in [3.8, 4) is 0 Å². The SMILES string of the molecule is C/C(=C\S(=O)(=O)NC(=O)c1ccc(Cl)cc1Cl)c1ccccc1. The fourth-order valence-corrected chi connectivity index (χ4v) is 3.41. The molecule has 0 aliphatic rings. The van der Waals surface area contributed by atoms with Gasteiger partial charge < -0.3 is 0 Å². The van der Waals surface area contributed by atoms with Crippen molar-refractivity contribution >= 4 is 44.7 Å². The molecule has 0 bridgehead atoms. The number of amides is 1. The Balaban J connectivity index is 2.22. The van der Waals surface area contributed by atoms with E-state index in [-0.39, 0.29) is 10.6 Å². The molecule has 0 heterocycles. The molecular weight excluding hydrogens is 357 g/mol. The Morgan fingerprint density at radius 3 is 2.35 bits per heavy atom. The lowest BCUT2D eigenvalue weighted by atomic mass is 10.1. The van der Waals surface area contributed by atoms with Gasteiger partial charge in [-0.05, 0) is 36.3 Å². The van der Waals surface area contributed by atoms with Crippen LogP contribution in [0.15, 0.2) is 53.9 Å². The molecule has 0 unspecified atom stereocenters. The van der Waals surface area contributed by atoms with Crippen molar-refractivity contribution in [3.05, 3.63) is 75.1 Å². The zero-order valence-corrected chi connectivity index (χ0v) is 14.4. The minimum absolute atomic E-state index is 0.0328. The number of carbonyl (C=O) groups is 1. The number of carbonyl (C=O) groups excluding carboxylic acids is 1. The first-order chi connectivity index (χ1) is 10.8. The molecule has 0 atom stereocenters. The number of hydrogen-bond donors (Lipinski definition) is 1. The molecule has 1 amide bonds. The van der Waals surface area contributed by atoms with E-state index in [0.717, 1.165) is 11.0 Å². The Bertz CT molecular complexity index is 862. The molecule has 0 saturated carbocycles. The van der Waals surface area contributed by atoms with Gasteiger partial charge in [0.05, 0.1) is 16.0 Å². The molecule has 0 saturated heterocycles. The van der Waals surface area contributed by atoms with E-state index in [1.54, 1.807) is 31.2 Å².